The van der Waals surface area contributed by atoms with Gasteiger partial charge in [-0.2, -0.15) is 0 Å². The normalized spacial score (nSPS) is 24.8. The van der Waals surface area contributed by atoms with Gasteiger partial charge in [0.1, 0.15) is 0 Å². The highest BCUT2D eigenvalue weighted by Gasteiger charge is 2.34. The molecule has 1 nitrogen and oxygen atoms in total. The third-order valence-electron chi connectivity index (χ3n) is 4.16. The van der Waals surface area contributed by atoms with Gasteiger partial charge < -0.3 is 4.74 Å². The molecule has 0 heterocycles. The topological polar surface area (TPSA) is 9.23 Å². The van der Waals surface area contributed by atoms with E-state index in [1.54, 1.807) is 0 Å². The summed E-state index contributed by atoms with van der Waals surface area (Å²) in [6.45, 7) is 4.38. The molecule has 0 aromatic carbocycles. The fourth-order valence-corrected chi connectivity index (χ4v) is 3.49. The van der Waals surface area contributed by atoms with E-state index in [0.29, 0.717) is 12.2 Å². The van der Waals surface area contributed by atoms with Crippen LogP contribution in [0.25, 0.3) is 0 Å². The highest BCUT2D eigenvalue weighted by Crippen LogP contribution is 2.39. The van der Waals surface area contributed by atoms with Gasteiger partial charge in [0.2, 0.25) is 0 Å². The number of rotatable bonds is 4. The number of ether oxygens (including phenoxy) is 1. The first-order valence-electron chi connectivity index (χ1n) is 6.93. The molecule has 0 spiro atoms. The largest absolute Gasteiger partial charge is 0.375 e. The van der Waals surface area contributed by atoms with E-state index in [0.717, 1.165) is 11.8 Å². The fourth-order valence-electron chi connectivity index (χ4n) is 3.49. The molecule has 88 valence electrons. The number of hydrogen-bond donors (Lipinski definition) is 0. The van der Waals surface area contributed by atoms with Crippen LogP contribution in [0.1, 0.15) is 65.2 Å². The monoisotopic (exact) mass is 210 g/mol. The quantitative estimate of drug-likeness (QED) is 0.677. The molecular formula is C14H26O. The van der Waals surface area contributed by atoms with Crippen molar-refractivity contribution in [3.63, 3.8) is 0 Å². The zero-order chi connectivity index (χ0) is 10.7. The van der Waals surface area contributed by atoms with E-state index in [-0.39, 0.29) is 0 Å². The smallest absolute Gasteiger partial charge is 0.0634 e. The molecule has 2 saturated carbocycles. The molecule has 0 aliphatic heterocycles. The molecule has 0 bridgehead atoms. The summed E-state index contributed by atoms with van der Waals surface area (Å²) in [5, 5.41) is 0. The predicted octanol–water partition coefficient (Wildman–Crippen LogP) is 4.16. The molecule has 0 aromatic rings. The highest BCUT2D eigenvalue weighted by molar-refractivity contribution is 4.84. The van der Waals surface area contributed by atoms with Crippen LogP contribution in [0.15, 0.2) is 0 Å². The van der Waals surface area contributed by atoms with E-state index in [4.69, 9.17) is 4.74 Å². The average Bonchev–Trinajstić information content (AvgIpc) is 2.87. The summed E-state index contributed by atoms with van der Waals surface area (Å²) in [6.07, 6.45) is 12.5. The second-order valence-corrected chi connectivity index (χ2v) is 5.74. The fraction of sp³-hybridized carbons (Fsp3) is 1.00. The molecule has 0 unspecified atom stereocenters. The Kier molecular flexibility index (Phi) is 4.07. The molecule has 15 heavy (non-hydrogen) atoms. The van der Waals surface area contributed by atoms with Crippen LogP contribution in [0.2, 0.25) is 0 Å². The lowest BCUT2D eigenvalue weighted by molar-refractivity contribution is -0.0570. The van der Waals surface area contributed by atoms with Crippen molar-refractivity contribution in [2.45, 2.75) is 77.4 Å². The Labute approximate surface area is 94.6 Å². The standard InChI is InChI=1S/C14H26O/c1-11(2)15-14(12-7-3-4-8-12)13-9-5-6-10-13/h11-14H,3-10H2,1-2H3. The van der Waals surface area contributed by atoms with Gasteiger partial charge in [0.25, 0.3) is 0 Å². The van der Waals surface area contributed by atoms with E-state index < -0.39 is 0 Å². The van der Waals surface area contributed by atoms with Crippen LogP contribution in [0, 0.1) is 11.8 Å². The molecule has 2 rings (SSSR count). The summed E-state index contributed by atoms with van der Waals surface area (Å²) in [5.41, 5.74) is 0. The van der Waals surface area contributed by atoms with Crippen molar-refractivity contribution in [1.82, 2.24) is 0 Å². The van der Waals surface area contributed by atoms with Crippen molar-refractivity contribution in [2.24, 2.45) is 11.8 Å². The summed E-state index contributed by atoms with van der Waals surface area (Å²) >= 11 is 0. The zero-order valence-corrected chi connectivity index (χ0v) is 10.4. The van der Waals surface area contributed by atoms with Gasteiger partial charge in [-0.3, -0.25) is 0 Å². The van der Waals surface area contributed by atoms with Crippen LogP contribution >= 0.6 is 0 Å². The molecule has 0 N–H and O–H groups in total. The second-order valence-electron chi connectivity index (χ2n) is 5.74. The Balaban J connectivity index is 1.94. The van der Waals surface area contributed by atoms with Crippen LogP contribution in [0.3, 0.4) is 0 Å². The van der Waals surface area contributed by atoms with Crippen molar-refractivity contribution < 1.29 is 4.74 Å². The van der Waals surface area contributed by atoms with Gasteiger partial charge in [-0.1, -0.05) is 25.7 Å². The van der Waals surface area contributed by atoms with Crippen LogP contribution in [0.4, 0.5) is 0 Å². The van der Waals surface area contributed by atoms with Gasteiger partial charge in [-0.15, -0.1) is 0 Å². The molecule has 0 atom stereocenters. The maximum Gasteiger partial charge on any atom is 0.0634 e. The predicted molar refractivity (Wildman–Crippen MR) is 63.9 cm³/mol. The minimum Gasteiger partial charge on any atom is -0.375 e. The molecule has 0 radical (unpaired) electrons. The van der Waals surface area contributed by atoms with Gasteiger partial charge >= 0.3 is 0 Å². The first-order chi connectivity index (χ1) is 7.27. The van der Waals surface area contributed by atoms with E-state index in [1.165, 1.54) is 51.4 Å². The minimum absolute atomic E-state index is 0.413. The van der Waals surface area contributed by atoms with Gasteiger partial charge in [0.05, 0.1) is 12.2 Å². The maximum atomic E-state index is 6.22. The lowest BCUT2D eigenvalue weighted by Crippen LogP contribution is -2.31. The third-order valence-corrected chi connectivity index (χ3v) is 4.16. The molecule has 1 heteroatoms. The molecule has 0 aromatic heterocycles. The first-order valence-corrected chi connectivity index (χ1v) is 6.93. The molecule has 2 aliphatic carbocycles. The van der Waals surface area contributed by atoms with E-state index in [9.17, 15) is 0 Å². The molecule has 0 saturated heterocycles. The van der Waals surface area contributed by atoms with Crippen molar-refractivity contribution in [1.29, 1.82) is 0 Å². The van der Waals surface area contributed by atoms with Gasteiger partial charge in [-0.25, -0.2) is 0 Å². The van der Waals surface area contributed by atoms with Crippen molar-refractivity contribution in [3.8, 4) is 0 Å². The Morgan fingerprint density at radius 2 is 1.20 bits per heavy atom. The Morgan fingerprint density at radius 3 is 1.53 bits per heavy atom. The van der Waals surface area contributed by atoms with Crippen LogP contribution in [-0.4, -0.2) is 12.2 Å². The van der Waals surface area contributed by atoms with E-state index >= 15 is 0 Å². The minimum atomic E-state index is 0.413. The molecule has 2 aliphatic rings. The van der Waals surface area contributed by atoms with Crippen LogP contribution in [0.5, 0.6) is 0 Å². The average molecular weight is 210 g/mol. The van der Waals surface area contributed by atoms with Crippen molar-refractivity contribution in [2.75, 3.05) is 0 Å². The summed E-state index contributed by atoms with van der Waals surface area (Å²) in [4.78, 5) is 0. The summed E-state index contributed by atoms with van der Waals surface area (Å²) in [7, 11) is 0. The molecule has 2 fully saturated rings. The van der Waals surface area contributed by atoms with Gasteiger partial charge in [-0.05, 0) is 51.4 Å². The zero-order valence-electron chi connectivity index (χ0n) is 10.4. The van der Waals surface area contributed by atoms with Crippen LogP contribution in [-0.2, 0) is 4.74 Å². The lowest BCUT2D eigenvalue weighted by Gasteiger charge is -2.31. The second kappa shape index (κ2) is 5.34. The van der Waals surface area contributed by atoms with Crippen LogP contribution < -0.4 is 0 Å². The van der Waals surface area contributed by atoms with E-state index in [2.05, 4.69) is 13.8 Å². The Hall–Kier alpha value is -0.0400. The van der Waals surface area contributed by atoms with Gasteiger partial charge in [0.15, 0.2) is 0 Å². The Morgan fingerprint density at radius 1 is 0.800 bits per heavy atom. The molecular weight excluding hydrogens is 184 g/mol. The number of hydrogen-bond acceptors (Lipinski definition) is 1. The van der Waals surface area contributed by atoms with E-state index in [1.807, 2.05) is 0 Å². The molecule has 0 amide bonds. The van der Waals surface area contributed by atoms with Crippen molar-refractivity contribution >= 4 is 0 Å². The van der Waals surface area contributed by atoms with Crippen molar-refractivity contribution in [3.05, 3.63) is 0 Å². The highest BCUT2D eigenvalue weighted by atomic mass is 16.5. The summed E-state index contributed by atoms with van der Waals surface area (Å²) < 4.78 is 6.22. The Bertz CT molecular complexity index is 160. The first kappa shape index (κ1) is 11.4. The third kappa shape index (κ3) is 2.96. The van der Waals surface area contributed by atoms with Gasteiger partial charge in [0, 0.05) is 0 Å². The lowest BCUT2D eigenvalue weighted by atomic mass is 9.88. The summed E-state index contributed by atoms with van der Waals surface area (Å²) in [6, 6.07) is 0. The summed E-state index contributed by atoms with van der Waals surface area (Å²) in [5.74, 6) is 1.77. The maximum absolute atomic E-state index is 6.22. The SMILES string of the molecule is CC(C)OC(C1CCCC1)C1CCCC1.